The van der Waals surface area contributed by atoms with Gasteiger partial charge in [0.05, 0.1) is 19.8 Å². The third-order valence-electron chi connectivity index (χ3n) is 5.11. The largest absolute Gasteiger partial charge is 0.497 e. The predicted octanol–water partition coefficient (Wildman–Crippen LogP) is 3.33. The van der Waals surface area contributed by atoms with Gasteiger partial charge in [-0.05, 0) is 56.2 Å². The second kappa shape index (κ2) is 6.37. The van der Waals surface area contributed by atoms with E-state index in [1.54, 1.807) is 7.11 Å². The van der Waals surface area contributed by atoms with E-state index in [4.69, 9.17) is 9.47 Å². The number of nitrogens with zero attached hydrogens (tertiary/aromatic N) is 1. The summed E-state index contributed by atoms with van der Waals surface area (Å²) in [6.45, 7) is 7.75. The Bertz CT molecular complexity index is 443. The monoisotopic (exact) mass is 289 g/mol. The maximum Gasteiger partial charge on any atom is 0.118 e. The molecule has 0 N–H and O–H groups in total. The summed E-state index contributed by atoms with van der Waals surface area (Å²) in [7, 11) is 1.70. The standard InChI is InChI=1S/C18H27NO2/c1-13(2)19-10-15-6-7-16(11-19)18(15)21-12-14-4-8-17(20-3)9-5-14/h4-5,8-9,13,15-16,18H,6-7,10-12H2,1-3H3/t15-,16+,18+. The molecule has 0 aromatic heterocycles. The number of hydrogen-bond donors (Lipinski definition) is 0. The van der Waals surface area contributed by atoms with Crippen molar-refractivity contribution < 1.29 is 9.47 Å². The van der Waals surface area contributed by atoms with E-state index in [9.17, 15) is 0 Å². The van der Waals surface area contributed by atoms with E-state index in [2.05, 4.69) is 30.9 Å². The topological polar surface area (TPSA) is 21.7 Å². The highest BCUT2D eigenvalue weighted by Gasteiger charge is 2.43. The van der Waals surface area contributed by atoms with Crippen LogP contribution in [0.25, 0.3) is 0 Å². The van der Waals surface area contributed by atoms with Crippen LogP contribution in [0.5, 0.6) is 5.75 Å². The van der Waals surface area contributed by atoms with E-state index in [-0.39, 0.29) is 0 Å². The molecule has 1 saturated carbocycles. The van der Waals surface area contributed by atoms with E-state index in [0.717, 1.165) is 24.2 Å². The third kappa shape index (κ3) is 3.24. The van der Waals surface area contributed by atoms with Gasteiger partial charge in [-0.15, -0.1) is 0 Å². The average Bonchev–Trinajstić information content (AvgIpc) is 2.73. The fourth-order valence-corrected chi connectivity index (χ4v) is 3.82. The molecule has 1 aliphatic heterocycles. The molecule has 3 nitrogen and oxygen atoms in total. The van der Waals surface area contributed by atoms with Crippen molar-refractivity contribution in [1.29, 1.82) is 0 Å². The van der Waals surface area contributed by atoms with Crippen LogP contribution in [0.4, 0.5) is 0 Å². The normalized spacial score (nSPS) is 29.0. The number of benzene rings is 1. The van der Waals surface area contributed by atoms with Gasteiger partial charge < -0.3 is 14.4 Å². The van der Waals surface area contributed by atoms with Gasteiger partial charge in [0.1, 0.15) is 5.75 Å². The maximum atomic E-state index is 6.29. The molecule has 0 amide bonds. The van der Waals surface area contributed by atoms with E-state index >= 15 is 0 Å². The number of likely N-dealkylation sites (tertiary alicyclic amines) is 1. The lowest BCUT2D eigenvalue weighted by Crippen LogP contribution is -2.48. The Kier molecular flexibility index (Phi) is 4.51. The minimum absolute atomic E-state index is 0.460. The summed E-state index contributed by atoms with van der Waals surface area (Å²) in [6.07, 6.45) is 3.13. The summed E-state index contributed by atoms with van der Waals surface area (Å²) in [4.78, 5) is 2.62. The van der Waals surface area contributed by atoms with Gasteiger partial charge in [-0.25, -0.2) is 0 Å². The van der Waals surface area contributed by atoms with Crippen LogP contribution in [0.2, 0.25) is 0 Å². The molecule has 3 heteroatoms. The summed E-state index contributed by atoms with van der Waals surface area (Å²) >= 11 is 0. The van der Waals surface area contributed by atoms with Crippen molar-refractivity contribution >= 4 is 0 Å². The molecule has 2 aliphatic rings. The molecule has 2 bridgehead atoms. The highest BCUT2D eigenvalue weighted by molar-refractivity contribution is 5.26. The first kappa shape index (κ1) is 14.9. The molecule has 0 unspecified atom stereocenters. The van der Waals surface area contributed by atoms with Crippen LogP contribution < -0.4 is 4.74 Å². The lowest BCUT2D eigenvalue weighted by Gasteiger charge is -2.40. The number of fused-ring (bicyclic) bond motifs is 2. The highest BCUT2D eigenvalue weighted by atomic mass is 16.5. The van der Waals surface area contributed by atoms with Crippen LogP contribution in [0.3, 0.4) is 0 Å². The van der Waals surface area contributed by atoms with Crippen LogP contribution in [0.1, 0.15) is 32.3 Å². The van der Waals surface area contributed by atoms with Gasteiger partial charge in [-0.1, -0.05) is 12.1 Å². The molecule has 0 spiro atoms. The summed E-state index contributed by atoms with van der Waals surface area (Å²) < 4.78 is 11.5. The summed E-state index contributed by atoms with van der Waals surface area (Å²) in [6, 6.07) is 8.88. The first-order valence-electron chi connectivity index (χ1n) is 8.16. The zero-order chi connectivity index (χ0) is 14.8. The molecule has 1 aliphatic carbocycles. The SMILES string of the molecule is COc1ccc(CO[C@H]2[C@@H]3CC[C@H]2CN(C(C)C)C3)cc1. The molecular formula is C18H27NO2. The van der Waals surface area contributed by atoms with Gasteiger partial charge in [0.25, 0.3) is 0 Å². The van der Waals surface area contributed by atoms with E-state index in [1.165, 1.54) is 31.5 Å². The van der Waals surface area contributed by atoms with Crippen molar-refractivity contribution in [2.45, 2.75) is 45.4 Å². The van der Waals surface area contributed by atoms with Crippen molar-refractivity contribution in [2.75, 3.05) is 20.2 Å². The zero-order valence-corrected chi connectivity index (χ0v) is 13.4. The number of piperidine rings is 1. The van der Waals surface area contributed by atoms with Crippen molar-refractivity contribution in [1.82, 2.24) is 4.90 Å². The Morgan fingerprint density at radius 2 is 1.71 bits per heavy atom. The van der Waals surface area contributed by atoms with Gasteiger partial charge in [0, 0.05) is 19.1 Å². The molecular weight excluding hydrogens is 262 g/mol. The smallest absolute Gasteiger partial charge is 0.118 e. The van der Waals surface area contributed by atoms with Gasteiger partial charge in [0.15, 0.2) is 0 Å². The maximum absolute atomic E-state index is 6.29. The third-order valence-corrected chi connectivity index (χ3v) is 5.11. The number of rotatable bonds is 5. The quantitative estimate of drug-likeness (QED) is 0.830. The van der Waals surface area contributed by atoms with E-state index in [0.29, 0.717) is 12.1 Å². The van der Waals surface area contributed by atoms with E-state index in [1.807, 2.05) is 12.1 Å². The van der Waals surface area contributed by atoms with Crippen LogP contribution in [-0.2, 0) is 11.3 Å². The van der Waals surface area contributed by atoms with Crippen LogP contribution in [0, 0.1) is 11.8 Å². The molecule has 3 rings (SSSR count). The summed E-state index contributed by atoms with van der Waals surface area (Å²) in [5, 5.41) is 0. The van der Waals surface area contributed by atoms with Crippen molar-refractivity contribution in [2.24, 2.45) is 11.8 Å². The predicted molar refractivity (Wildman–Crippen MR) is 84.5 cm³/mol. The van der Waals surface area contributed by atoms with E-state index < -0.39 is 0 Å². The first-order chi connectivity index (χ1) is 10.2. The Labute approximate surface area is 128 Å². The van der Waals surface area contributed by atoms with Gasteiger partial charge in [-0.3, -0.25) is 0 Å². The molecule has 1 aromatic carbocycles. The van der Waals surface area contributed by atoms with Crippen molar-refractivity contribution in [3.8, 4) is 5.75 Å². The Hall–Kier alpha value is -1.06. The second-order valence-electron chi connectivity index (χ2n) is 6.77. The fraction of sp³-hybridized carbons (Fsp3) is 0.667. The number of methoxy groups -OCH3 is 1. The lowest BCUT2D eigenvalue weighted by molar-refractivity contribution is -0.0564. The molecule has 2 fully saturated rings. The van der Waals surface area contributed by atoms with Gasteiger partial charge in [0.2, 0.25) is 0 Å². The second-order valence-corrected chi connectivity index (χ2v) is 6.77. The fourth-order valence-electron chi connectivity index (χ4n) is 3.82. The van der Waals surface area contributed by atoms with Crippen LogP contribution in [-0.4, -0.2) is 37.2 Å². The van der Waals surface area contributed by atoms with Crippen molar-refractivity contribution in [3.05, 3.63) is 29.8 Å². The zero-order valence-electron chi connectivity index (χ0n) is 13.4. The Balaban J connectivity index is 1.56. The van der Waals surface area contributed by atoms with Crippen LogP contribution in [0.15, 0.2) is 24.3 Å². The lowest BCUT2D eigenvalue weighted by atomic mass is 9.94. The molecule has 21 heavy (non-hydrogen) atoms. The molecule has 1 saturated heterocycles. The van der Waals surface area contributed by atoms with Crippen molar-refractivity contribution in [3.63, 3.8) is 0 Å². The molecule has 0 radical (unpaired) electrons. The summed E-state index contributed by atoms with van der Waals surface area (Å²) in [5.41, 5.74) is 1.24. The molecule has 3 atom stereocenters. The first-order valence-corrected chi connectivity index (χ1v) is 8.16. The average molecular weight is 289 g/mol. The van der Waals surface area contributed by atoms with Gasteiger partial charge >= 0.3 is 0 Å². The number of ether oxygens (including phenoxy) is 2. The number of hydrogen-bond acceptors (Lipinski definition) is 3. The summed E-state index contributed by atoms with van der Waals surface area (Å²) in [5.74, 6) is 2.36. The molecule has 116 valence electrons. The molecule has 1 heterocycles. The molecule has 1 aromatic rings. The van der Waals surface area contributed by atoms with Crippen LogP contribution >= 0.6 is 0 Å². The minimum Gasteiger partial charge on any atom is -0.497 e. The Morgan fingerprint density at radius 1 is 1.10 bits per heavy atom. The highest BCUT2D eigenvalue weighted by Crippen LogP contribution is 2.39. The van der Waals surface area contributed by atoms with Gasteiger partial charge in [-0.2, -0.15) is 0 Å². The minimum atomic E-state index is 0.460. The Morgan fingerprint density at radius 3 is 2.24 bits per heavy atom.